The van der Waals surface area contributed by atoms with Crippen LogP contribution in [0.25, 0.3) is 42.4 Å². The lowest BCUT2D eigenvalue weighted by Gasteiger charge is -2.10. The van der Waals surface area contributed by atoms with Gasteiger partial charge in [-0.2, -0.15) is 0 Å². The summed E-state index contributed by atoms with van der Waals surface area (Å²) in [6, 6.07) is 30.5. The van der Waals surface area contributed by atoms with Crippen LogP contribution in [0.1, 0.15) is 58.2 Å². The van der Waals surface area contributed by atoms with E-state index in [-0.39, 0.29) is 0 Å². The number of allylic oxidation sites excluding steroid dienone is 2. The number of fused-ring (bicyclic) bond motifs is 2. The number of aliphatic imine (C=N–C) groups is 2. The highest BCUT2D eigenvalue weighted by Gasteiger charge is 2.25. The number of benzene rings is 4. The predicted octanol–water partition coefficient (Wildman–Crippen LogP) is 12.3. The Morgan fingerprint density at radius 1 is 0.605 bits per heavy atom. The fraction of sp³-hybridized carbons (Fsp3) is 0.179. The molecule has 0 atom stereocenters. The van der Waals surface area contributed by atoms with Crippen molar-refractivity contribution in [3.63, 3.8) is 0 Å². The number of hydrogen-bond acceptors (Lipinski definition) is 4. The summed E-state index contributed by atoms with van der Waals surface area (Å²) in [5.41, 5.74) is 12.8. The van der Waals surface area contributed by atoms with Gasteiger partial charge < -0.3 is 0 Å². The monoisotopic (exact) mass is 594 g/mol. The first-order chi connectivity index (χ1) is 21.0. The van der Waals surface area contributed by atoms with Crippen molar-refractivity contribution < 1.29 is 0 Å². The fourth-order valence-corrected chi connectivity index (χ4v) is 8.80. The Kier molecular flexibility index (Phi) is 7.42. The van der Waals surface area contributed by atoms with E-state index in [1.807, 2.05) is 54.2 Å². The number of hydrogen-bond donors (Lipinski definition) is 0. The van der Waals surface area contributed by atoms with E-state index in [0.29, 0.717) is 0 Å². The van der Waals surface area contributed by atoms with Crippen molar-refractivity contribution in [2.45, 2.75) is 47.0 Å². The Labute approximate surface area is 261 Å². The van der Waals surface area contributed by atoms with Crippen molar-refractivity contribution in [3.8, 4) is 11.1 Å². The Hall–Kier alpha value is -4.12. The molecule has 0 N–H and O–H groups in total. The first kappa shape index (κ1) is 27.7. The second kappa shape index (κ2) is 11.5. The molecule has 2 aromatic heterocycles. The zero-order chi connectivity index (χ0) is 29.5. The molecule has 7 rings (SSSR count). The maximum absolute atomic E-state index is 4.81. The van der Waals surface area contributed by atoms with Gasteiger partial charge in [0.2, 0.25) is 0 Å². The van der Waals surface area contributed by atoms with Gasteiger partial charge in [0, 0.05) is 42.4 Å². The Balaban J connectivity index is 1.17. The molecule has 212 valence electrons. The van der Waals surface area contributed by atoms with E-state index >= 15 is 0 Å². The third-order valence-corrected chi connectivity index (χ3v) is 10.6. The van der Waals surface area contributed by atoms with Crippen molar-refractivity contribution in [2.75, 3.05) is 0 Å². The molecule has 2 nitrogen and oxygen atoms in total. The largest absolute Gasteiger partial charge is 0.262 e. The second-order valence-electron chi connectivity index (χ2n) is 11.4. The minimum atomic E-state index is 0.952. The maximum Gasteiger partial charge on any atom is 0.0630 e. The molecule has 43 heavy (non-hydrogen) atoms. The van der Waals surface area contributed by atoms with Crippen LogP contribution >= 0.6 is 22.7 Å². The molecule has 1 aliphatic carbocycles. The first-order valence-corrected chi connectivity index (χ1v) is 16.6. The van der Waals surface area contributed by atoms with Gasteiger partial charge >= 0.3 is 0 Å². The standard InChI is InChI=1S/C39H34N2S2/c1-5-40-30-15-11-28(12-16-30)29-13-17-31(18-14-29)41-23-27-10-20-35-37(22-27)43-26(4)39(35)33-8-6-7-32(33)38-25(3)42-36-21-24(2)9-19-34(36)38/h5,9-23H,6-8H2,1-4H3. The molecule has 0 saturated carbocycles. The van der Waals surface area contributed by atoms with Crippen molar-refractivity contribution in [2.24, 2.45) is 9.98 Å². The Morgan fingerprint density at radius 2 is 1.14 bits per heavy atom. The van der Waals surface area contributed by atoms with E-state index in [4.69, 9.17) is 4.99 Å². The third-order valence-electron chi connectivity index (χ3n) is 8.44. The van der Waals surface area contributed by atoms with E-state index in [9.17, 15) is 0 Å². The summed E-state index contributed by atoms with van der Waals surface area (Å²) < 4.78 is 2.75. The molecule has 0 spiro atoms. The molecule has 2 heterocycles. The molecule has 0 unspecified atom stereocenters. The normalized spacial score (nSPS) is 14.0. The minimum Gasteiger partial charge on any atom is -0.262 e. The summed E-state index contributed by atoms with van der Waals surface area (Å²) in [6.07, 6.45) is 7.35. The molecule has 0 aliphatic heterocycles. The van der Waals surface area contributed by atoms with Gasteiger partial charge in [-0.25, -0.2) is 0 Å². The molecular formula is C39H34N2S2. The highest BCUT2D eigenvalue weighted by Crippen LogP contribution is 2.49. The molecule has 4 heteroatoms. The molecule has 1 aliphatic rings. The van der Waals surface area contributed by atoms with Gasteiger partial charge in [0.25, 0.3) is 0 Å². The number of nitrogens with zero attached hydrogens (tertiary/aromatic N) is 2. The Bertz CT molecular complexity index is 2070. The highest BCUT2D eigenvalue weighted by atomic mass is 32.1. The second-order valence-corrected chi connectivity index (χ2v) is 13.9. The smallest absolute Gasteiger partial charge is 0.0630 e. The van der Waals surface area contributed by atoms with Gasteiger partial charge in [-0.05, 0) is 128 Å². The van der Waals surface area contributed by atoms with E-state index in [1.165, 1.54) is 64.2 Å². The van der Waals surface area contributed by atoms with E-state index in [1.54, 1.807) is 11.1 Å². The lowest BCUT2D eigenvalue weighted by Crippen LogP contribution is -1.89. The van der Waals surface area contributed by atoms with Crippen LogP contribution in [0.2, 0.25) is 0 Å². The number of aryl methyl sites for hydroxylation is 3. The zero-order valence-electron chi connectivity index (χ0n) is 25.1. The van der Waals surface area contributed by atoms with Crippen LogP contribution in [0.5, 0.6) is 0 Å². The van der Waals surface area contributed by atoms with Crippen LogP contribution in [0.3, 0.4) is 0 Å². The molecular weight excluding hydrogens is 561 g/mol. The van der Waals surface area contributed by atoms with Crippen LogP contribution in [0.15, 0.2) is 94.9 Å². The van der Waals surface area contributed by atoms with Crippen LogP contribution in [-0.2, 0) is 0 Å². The third kappa shape index (κ3) is 5.30. The zero-order valence-corrected chi connectivity index (χ0v) is 26.7. The molecule has 0 radical (unpaired) electrons. The van der Waals surface area contributed by atoms with Gasteiger partial charge in [0.05, 0.1) is 11.4 Å². The van der Waals surface area contributed by atoms with Gasteiger partial charge in [-0.3, -0.25) is 9.98 Å². The fourth-order valence-electron chi connectivity index (χ4n) is 6.47. The average Bonchev–Trinajstić information content (AvgIpc) is 3.69. The summed E-state index contributed by atoms with van der Waals surface area (Å²) in [4.78, 5) is 12.0. The molecule has 0 bridgehead atoms. The van der Waals surface area contributed by atoms with E-state index in [2.05, 4.69) is 98.6 Å². The van der Waals surface area contributed by atoms with Crippen molar-refractivity contribution in [3.05, 3.63) is 117 Å². The molecule has 6 aromatic rings. The first-order valence-electron chi connectivity index (χ1n) is 15.0. The van der Waals surface area contributed by atoms with Crippen molar-refractivity contribution in [1.29, 1.82) is 0 Å². The lowest BCUT2D eigenvalue weighted by atomic mass is 9.93. The highest BCUT2D eigenvalue weighted by molar-refractivity contribution is 7.19. The molecule has 4 aromatic carbocycles. The van der Waals surface area contributed by atoms with Gasteiger partial charge in [0.1, 0.15) is 0 Å². The topological polar surface area (TPSA) is 24.7 Å². The van der Waals surface area contributed by atoms with Crippen LogP contribution < -0.4 is 0 Å². The lowest BCUT2D eigenvalue weighted by molar-refractivity contribution is 0.942. The van der Waals surface area contributed by atoms with Crippen molar-refractivity contribution >= 4 is 77.8 Å². The quantitative estimate of drug-likeness (QED) is 0.171. The van der Waals surface area contributed by atoms with E-state index in [0.717, 1.165) is 29.8 Å². The van der Waals surface area contributed by atoms with Gasteiger partial charge in [-0.15, -0.1) is 22.7 Å². The number of thiophene rings is 2. The summed E-state index contributed by atoms with van der Waals surface area (Å²) >= 11 is 3.86. The van der Waals surface area contributed by atoms with Crippen LogP contribution in [0.4, 0.5) is 11.4 Å². The summed E-state index contributed by atoms with van der Waals surface area (Å²) in [5, 5.41) is 2.80. The Morgan fingerprint density at radius 3 is 1.72 bits per heavy atom. The molecule has 0 fully saturated rings. The SMILES string of the molecule is CC=Nc1ccc(-c2ccc(N=Cc3ccc4c(C5=C(c6c(C)sc7cc(C)ccc67)CCC5)c(C)sc4c3)cc2)cc1. The predicted molar refractivity (Wildman–Crippen MR) is 191 cm³/mol. The van der Waals surface area contributed by atoms with Crippen LogP contribution in [0, 0.1) is 20.8 Å². The maximum atomic E-state index is 4.81. The molecule has 0 saturated heterocycles. The van der Waals surface area contributed by atoms with E-state index < -0.39 is 0 Å². The van der Waals surface area contributed by atoms with Crippen molar-refractivity contribution in [1.82, 2.24) is 0 Å². The molecule has 0 amide bonds. The summed E-state index contributed by atoms with van der Waals surface area (Å²) in [5.74, 6) is 0. The van der Waals surface area contributed by atoms with Gasteiger partial charge in [0.15, 0.2) is 0 Å². The summed E-state index contributed by atoms with van der Waals surface area (Å²) in [6.45, 7) is 8.72. The van der Waals surface area contributed by atoms with Crippen LogP contribution in [-0.4, -0.2) is 12.4 Å². The summed E-state index contributed by atoms with van der Waals surface area (Å²) in [7, 11) is 0. The average molecular weight is 595 g/mol. The minimum absolute atomic E-state index is 0.952. The van der Waals surface area contributed by atoms with Gasteiger partial charge in [-0.1, -0.05) is 48.5 Å². The number of rotatable bonds is 6.